The second kappa shape index (κ2) is 8.72. The molecule has 6 aromatic rings. The number of aromatic nitrogens is 2. The van der Waals surface area contributed by atoms with Crippen molar-refractivity contribution in [3.63, 3.8) is 0 Å². The summed E-state index contributed by atoms with van der Waals surface area (Å²) in [7, 11) is 0. The van der Waals surface area contributed by atoms with Gasteiger partial charge in [-0.3, -0.25) is 0 Å². The van der Waals surface area contributed by atoms with E-state index in [2.05, 4.69) is 112 Å². The van der Waals surface area contributed by atoms with E-state index in [0.29, 0.717) is 5.92 Å². The first-order chi connectivity index (χ1) is 20.3. The molecule has 0 N–H and O–H groups in total. The average Bonchev–Trinajstić information content (AvgIpc) is 3.49. The Morgan fingerprint density at radius 2 is 1.56 bits per heavy atom. The zero-order chi connectivity index (χ0) is 27.1. The van der Waals surface area contributed by atoms with Crippen LogP contribution in [0.25, 0.3) is 51.8 Å². The van der Waals surface area contributed by atoms with Crippen LogP contribution in [0.2, 0.25) is 0 Å². The summed E-state index contributed by atoms with van der Waals surface area (Å²) in [6.45, 7) is 4.90. The zero-order valence-corrected chi connectivity index (χ0v) is 23.2. The predicted molar refractivity (Wildman–Crippen MR) is 171 cm³/mol. The molecule has 3 heterocycles. The largest absolute Gasteiger partial charge is 0.310 e. The lowest BCUT2D eigenvalue weighted by molar-refractivity contribution is 0.449. The van der Waals surface area contributed by atoms with Gasteiger partial charge >= 0.3 is 0 Å². The number of nitrogens with zero attached hydrogens (tertiary/aromatic N) is 2. The number of fused-ring (bicyclic) bond motifs is 12. The summed E-state index contributed by atoms with van der Waals surface area (Å²) in [6.07, 6.45) is 12.2. The van der Waals surface area contributed by atoms with Gasteiger partial charge < -0.3 is 9.13 Å². The van der Waals surface area contributed by atoms with Crippen LogP contribution in [0, 0.1) is 16.5 Å². The predicted octanol–water partition coefficient (Wildman–Crippen LogP) is 7.74. The van der Waals surface area contributed by atoms with Crippen molar-refractivity contribution in [3.05, 3.63) is 135 Å². The van der Waals surface area contributed by atoms with Gasteiger partial charge in [-0.1, -0.05) is 85.3 Å². The summed E-state index contributed by atoms with van der Waals surface area (Å²) < 4.78 is 5.02. The number of hydrogen-bond acceptors (Lipinski definition) is 0. The summed E-state index contributed by atoms with van der Waals surface area (Å²) in [4.78, 5) is 0. The van der Waals surface area contributed by atoms with E-state index in [-0.39, 0.29) is 0 Å². The monoisotopic (exact) mass is 528 g/mol. The normalized spacial score (nSPS) is 19.1. The van der Waals surface area contributed by atoms with E-state index >= 15 is 0 Å². The van der Waals surface area contributed by atoms with Crippen molar-refractivity contribution >= 4 is 40.4 Å². The summed E-state index contributed by atoms with van der Waals surface area (Å²) in [6, 6.07) is 33.4. The maximum absolute atomic E-state index is 4.90. The number of benzene rings is 4. The molecule has 1 aliphatic heterocycles. The second-order valence-electron chi connectivity index (χ2n) is 12.1. The molecule has 2 aliphatic carbocycles. The molecule has 1 fully saturated rings. The van der Waals surface area contributed by atoms with Crippen LogP contribution >= 0.6 is 0 Å². The van der Waals surface area contributed by atoms with Crippen LogP contribution in [0.1, 0.15) is 42.5 Å². The minimum absolute atomic E-state index is 0.645. The minimum Gasteiger partial charge on any atom is -0.310 e. The highest BCUT2D eigenvalue weighted by Crippen LogP contribution is 2.40. The summed E-state index contributed by atoms with van der Waals surface area (Å²) in [5.41, 5.74) is 9.56. The van der Waals surface area contributed by atoms with Gasteiger partial charge in [0.1, 0.15) is 0 Å². The molecule has 4 aromatic carbocycles. The number of allylic oxidation sites excluding steroid dienone is 1. The molecule has 1 unspecified atom stereocenters. The quantitative estimate of drug-likeness (QED) is 0.207. The maximum Gasteiger partial charge on any atom is 0.0634 e. The van der Waals surface area contributed by atoms with Crippen LogP contribution < -0.4 is 10.6 Å². The third-order valence-electron chi connectivity index (χ3n) is 9.85. The molecule has 1 atom stereocenters. The van der Waals surface area contributed by atoms with Gasteiger partial charge in [-0.15, -0.1) is 0 Å². The van der Waals surface area contributed by atoms with Gasteiger partial charge in [0.15, 0.2) is 0 Å². The topological polar surface area (TPSA) is 9.86 Å². The van der Waals surface area contributed by atoms with Crippen molar-refractivity contribution in [2.75, 3.05) is 0 Å². The van der Waals surface area contributed by atoms with E-state index in [4.69, 9.17) is 6.58 Å². The van der Waals surface area contributed by atoms with Gasteiger partial charge in [0.05, 0.1) is 22.2 Å². The standard InChI is InChI=1S/C39H32N2/c1-25-38-34-22-27-12-6-8-14-29(27)24-37(34)40(25)36-23-28-13-7-5-11-26(28)21-30(36)19-20-33-32-17-9-10-18-35(32)41(39(33)38)31-15-3-2-4-16-31/h2-5,7,9-11,13,15-18,20-21,23-24,27H,1,6,8,12,14,19,22H2/b33-20-,39-38+. The SMILES string of the molecule is C=c1/c2c3c(n1-c1cc4ccccc4cc1C/C=c1\c=2n(-c2ccccc2)c2ccccc12)C=C1CCCCC1C3. The molecule has 2 heteroatoms. The minimum atomic E-state index is 0.645. The van der Waals surface area contributed by atoms with E-state index in [0.717, 1.165) is 18.2 Å². The van der Waals surface area contributed by atoms with Crippen molar-refractivity contribution in [1.29, 1.82) is 0 Å². The second-order valence-corrected chi connectivity index (χ2v) is 12.1. The Morgan fingerprint density at radius 3 is 2.44 bits per heavy atom. The molecule has 2 aromatic heterocycles. The summed E-state index contributed by atoms with van der Waals surface area (Å²) in [5, 5.41) is 8.94. The molecule has 0 saturated heterocycles. The lowest BCUT2D eigenvalue weighted by Crippen LogP contribution is -2.19. The molecule has 0 spiro atoms. The Hall–Kier alpha value is -4.56. The third kappa shape index (κ3) is 3.31. The lowest BCUT2D eigenvalue weighted by Gasteiger charge is -2.29. The molecular weight excluding hydrogens is 496 g/mol. The Kier molecular flexibility index (Phi) is 4.93. The fourth-order valence-corrected chi connectivity index (χ4v) is 7.98. The van der Waals surface area contributed by atoms with Crippen molar-refractivity contribution < 1.29 is 0 Å². The molecule has 0 radical (unpaired) electrons. The van der Waals surface area contributed by atoms with Crippen molar-refractivity contribution in [2.45, 2.75) is 38.5 Å². The Labute approximate surface area is 239 Å². The van der Waals surface area contributed by atoms with Crippen molar-refractivity contribution in [3.8, 4) is 11.4 Å². The van der Waals surface area contributed by atoms with Gasteiger partial charge in [-0.05, 0) is 96.3 Å². The number of rotatable bonds is 1. The Bertz CT molecular complexity index is 2280. The molecule has 3 aliphatic rings. The van der Waals surface area contributed by atoms with Crippen LogP contribution in [0.15, 0.2) is 96.6 Å². The highest BCUT2D eigenvalue weighted by Gasteiger charge is 2.29. The first-order valence-corrected chi connectivity index (χ1v) is 15.1. The molecule has 9 rings (SSSR count). The first kappa shape index (κ1) is 23.2. The lowest BCUT2D eigenvalue weighted by atomic mass is 9.76. The van der Waals surface area contributed by atoms with Gasteiger partial charge in [0.2, 0.25) is 0 Å². The molecule has 1 saturated carbocycles. The summed E-state index contributed by atoms with van der Waals surface area (Å²) in [5.74, 6) is 0.645. The van der Waals surface area contributed by atoms with Crippen molar-refractivity contribution in [2.24, 2.45) is 5.92 Å². The van der Waals surface area contributed by atoms with E-state index in [1.165, 1.54) is 91.3 Å². The van der Waals surface area contributed by atoms with E-state index in [1.807, 2.05) is 0 Å². The fraction of sp³-hybridized carbons (Fsp3) is 0.179. The van der Waals surface area contributed by atoms with Crippen LogP contribution in [-0.4, -0.2) is 9.13 Å². The Morgan fingerprint density at radius 1 is 0.780 bits per heavy atom. The van der Waals surface area contributed by atoms with E-state index in [9.17, 15) is 0 Å². The number of para-hydroxylation sites is 2. The van der Waals surface area contributed by atoms with E-state index in [1.54, 1.807) is 5.57 Å². The van der Waals surface area contributed by atoms with Gasteiger partial charge in [-0.25, -0.2) is 0 Å². The zero-order valence-electron chi connectivity index (χ0n) is 23.2. The number of hydrogen-bond donors (Lipinski definition) is 0. The molecular formula is C39H32N2. The highest BCUT2D eigenvalue weighted by molar-refractivity contribution is 5.87. The van der Waals surface area contributed by atoms with Crippen LogP contribution in [-0.2, 0) is 12.8 Å². The third-order valence-corrected chi connectivity index (χ3v) is 9.85. The molecule has 41 heavy (non-hydrogen) atoms. The van der Waals surface area contributed by atoms with Gasteiger partial charge in [0, 0.05) is 26.9 Å². The van der Waals surface area contributed by atoms with E-state index < -0.39 is 0 Å². The van der Waals surface area contributed by atoms with Crippen molar-refractivity contribution in [1.82, 2.24) is 9.13 Å². The van der Waals surface area contributed by atoms with Crippen LogP contribution in [0.5, 0.6) is 0 Å². The van der Waals surface area contributed by atoms with Crippen LogP contribution in [0.3, 0.4) is 0 Å². The van der Waals surface area contributed by atoms with Gasteiger partial charge in [0.25, 0.3) is 0 Å². The molecule has 198 valence electrons. The molecule has 2 bridgehead atoms. The Balaban J connectivity index is 1.55. The summed E-state index contributed by atoms with van der Waals surface area (Å²) >= 11 is 0. The maximum atomic E-state index is 4.90. The molecule has 2 nitrogen and oxygen atoms in total. The van der Waals surface area contributed by atoms with Gasteiger partial charge in [-0.2, -0.15) is 0 Å². The fourth-order valence-electron chi connectivity index (χ4n) is 7.98. The smallest absolute Gasteiger partial charge is 0.0634 e. The van der Waals surface area contributed by atoms with Crippen LogP contribution in [0.4, 0.5) is 0 Å². The first-order valence-electron chi connectivity index (χ1n) is 15.1. The highest BCUT2D eigenvalue weighted by atomic mass is 15.0. The average molecular weight is 529 g/mol. The molecule has 0 amide bonds.